The third kappa shape index (κ3) is 12.7. The van der Waals surface area contributed by atoms with E-state index in [1.807, 2.05) is 97.1 Å². The van der Waals surface area contributed by atoms with Crippen molar-refractivity contribution >= 4 is 66.9 Å². The van der Waals surface area contributed by atoms with Crippen molar-refractivity contribution in [2.45, 2.75) is 55.4 Å². The molecule has 0 spiro atoms. The van der Waals surface area contributed by atoms with Gasteiger partial charge in [0.15, 0.2) is 23.3 Å². The zero-order chi connectivity index (χ0) is 64.1. The normalized spacial score (nSPS) is 12.2. The van der Waals surface area contributed by atoms with E-state index in [1.54, 1.807) is 0 Å². The number of hydrogen-bond donors (Lipinski definition) is 2. The first kappa shape index (κ1) is 67.0. The molecule has 0 radical (unpaired) electrons. The van der Waals surface area contributed by atoms with Crippen LogP contribution in [0, 0.1) is 0 Å². The number of quaternary nitrogens is 4. The van der Waals surface area contributed by atoms with Crippen molar-refractivity contribution in [3.8, 4) is 91.5 Å². The fraction of sp³-hybridized carbons (Fsp3) is 0.263. The van der Waals surface area contributed by atoms with Gasteiger partial charge in [0.2, 0.25) is 0 Å². The number of rotatable bonds is 20. The van der Waals surface area contributed by atoms with Crippen LogP contribution in [0.4, 0.5) is 22.7 Å². The Morgan fingerprint density at radius 2 is 0.521 bits per heavy atom. The first-order chi connectivity index (χ1) is 44.5. The van der Waals surface area contributed by atoms with Crippen LogP contribution in [0.3, 0.4) is 0 Å². The van der Waals surface area contributed by atoms with Gasteiger partial charge >= 0.3 is 19.5 Å². The van der Waals surface area contributed by atoms with Crippen LogP contribution < -0.4 is 60.9 Å². The van der Waals surface area contributed by atoms with Crippen molar-refractivity contribution in [2.75, 3.05) is 80.5 Å². The van der Waals surface area contributed by atoms with E-state index in [0.29, 0.717) is 68.9 Å². The molecule has 0 fully saturated rings. The van der Waals surface area contributed by atoms with Gasteiger partial charge in [0.1, 0.15) is 91.3 Å². The molecule has 13 rings (SSSR count). The van der Waals surface area contributed by atoms with Crippen molar-refractivity contribution < 1.29 is 62.4 Å². The number of nitrogens with zero attached hydrogens (tertiary/aromatic N) is 10. The molecule has 0 saturated carbocycles. The Morgan fingerprint density at radius 1 is 0.277 bits per heavy atom. The summed E-state index contributed by atoms with van der Waals surface area (Å²) in [5.41, 5.74) is 9.83. The predicted molar refractivity (Wildman–Crippen MR) is 377 cm³/mol. The minimum atomic E-state index is 0. The van der Waals surface area contributed by atoms with Gasteiger partial charge in [-0.2, -0.15) is 0 Å². The number of halogens is 1. The van der Waals surface area contributed by atoms with Gasteiger partial charge in [0, 0.05) is 68.1 Å². The maximum absolute atomic E-state index is 6.75. The SMILES string of the molecule is CC[N+](C)(CC)c1cccc(Oc2ccc3c(c2)-c2nc-3nc3[nH]c(nc4nc(nc5[nH]c(n2)c2ccc(Oc6cccc([N+](C)(CC)CC)c6)cc52)-c2ccc(Oc5cccc([N+](C)(CC)CC)c5)cc2-4)c2ccc(Oc4cccc([N+](C)(CC)CC)c4)cc32)c1.[I-].[Zn+2]. The van der Waals surface area contributed by atoms with Crippen LogP contribution in [0.5, 0.6) is 46.0 Å². The minimum absolute atomic E-state index is 0. The van der Waals surface area contributed by atoms with Crippen LogP contribution in [0.15, 0.2) is 170 Å². The summed E-state index contributed by atoms with van der Waals surface area (Å²) in [5.74, 6) is 7.23. The van der Waals surface area contributed by atoms with Gasteiger partial charge in [-0.05, 0) is 177 Å². The molecule has 16 nitrogen and oxygen atoms in total. The summed E-state index contributed by atoms with van der Waals surface area (Å²) in [7, 11) is 8.99. The molecular formula is C76H82IN12O4Zn+5. The summed E-state index contributed by atoms with van der Waals surface area (Å²) in [5, 5.41) is 3.14. The number of H-pyrrole nitrogens is 2. The van der Waals surface area contributed by atoms with E-state index in [-0.39, 0.29) is 43.5 Å². The summed E-state index contributed by atoms with van der Waals surface area (Å²) in [6.45, 7) is 25.3. The number of ether oxygens (including phenoxy) is 4. The smallest absolute Gasteiger partial charge is 1.00 e. The Morgan fingerprint density at radius 3 is 0.809 bits per heavy atom. The molecule has 11 aromatic rings. The molecule has 0 atom stereocenters. The second-order valence-electron chi connectivity index (χ2n) is 25.0. The Balaban J connectivity index is 0.00000451. The molecule has 474 valence electrons. The van der Waals surface area contributed by atoms with Crippen molar-refractivity contribution in [1.29, 1.82) is 0 Å². The van der Waals surface area contributed by atoms with Crippen LogP contribution in [0.2, 0.25) is 0 Å². The number of fused-ring (bicyclic) bond motifs is 20. The summed E-state index contributed by atoms with van der Waals surface area (Å²) >= 11 is 0. The zero-order valence-corrected chi connectivity index (χ0v) is 61.1. The van der Waals surface area contributed by atoms with E-state index in [1.165, 1.54) is 22.7 Å². The summed E-state index contributed by atoms with van der Waals surface area (Å²) in [6, 6.07) is 57.4. The van der Waals surface area contributed by atoms with Crippen molar-refractivity contribution in [3.05, 3.63) is 170 Å². The standard InChI is InChI=1S/C76H82N12O4.HI.Zn/c1-13-85(9,14-2)49-25-21-29-53(41-49)89-57-33-37-61-65(45-57)73-77-69(61)82-74-67-47-59(91-55-31-23-27-51(43-55)87(11,17-5)18-6)35-39-63(67)71(79-74)84-76-68-48-60(92-56-32-24-28-52(44-56)88(12,19-7)20-8)36-40-64(68)72(80-76)83-75-66-46-58(34-38-62(66)70(78-75)81-73)90-54-30-22-26-50(42-54)86(10,15-3)16-4;;/h21-48H,13-20H2,1-12H3,(H2,77,78,79,80,81,82,83,84);1H;/q+4;;+2/p-1. The molecule has 0 saturated heterocycles. The summed E-state index contributed by atoms with van der Waals surface area (Å²) in [4.78, 5) is 39.7. The van der Waals surface area contributed by atoms with Gasteiger partial charge in [-0.25, -0.2) is 29.9 Å². The molecule has 0 aliphatic carbocycles. The summed E-state index contributed by atoms with van der Waals surface area (Å²) < 4.78 is 30.1. The molecule has 0 unspecified atom stereocenters. The van der Waals surface area contributed by atoms with Crippen LogP contribution in [-0.2, 0) is 19.5 Å². The van der Waals surface area contributed by atoms with Gasteiger partial charge in [0.25, 0.3) is 0 Å². The summed E-state index contributed by atoms with van der Waals surface area (Å²) in [6.07, 6.45) is 0. The van der Waals surface area contributed by atoms with E-state index in [9.17, 15) is 0 Å². The van der Waals surface area contributed by atoms with E-state index in [2.05, 4.69) is 166 Å². The van der Waals surface area contributed by atoms with E-state index in [0.717, 1.165) is 137 Å². The van der Waals surface area contributed by atoms with Crippen LogP contribution in [0.1, 0.15) is 55.4 Å². The number of nitrogens with one attached hydrogen (secondary N) is 2. The Labute approximate surface area is 580 Å². The predicted octanol–water partition coefficient (Wildman–Crippen LogP) is 14.9. The molecule has 2 N–H and O–H groups in total. The molecule has 8 aromatic carbocycles. The van der Waals surface area contributed by atoms with Crippen LogP contribution in [-0.4, -0.2) is 120 Å². The zero-order valence-electron chi connectivity index (χ0n) is 56.0. The van der Waals surface area contributed by atoms with Gasteiger partial charge in [0.05, 0.1) is 80.5 Å². The van der Waals surface area contributed by atoms with Crippen molar-refractivity contribution in [3.63, 3.8) is 0 Å². The van der Waals surface area contributed by atoms with E-state index in [4.69, 9.17) is 48.9 Å². The first-order valence-electron chi connectivity index (χ1n) is 32.4. The maximum atomic E-state index is 6.75. The largest absolute Gasteiger partial charge is 2.00 e. The molecule has 5 heterocycles. The average Bonchev–Trinajstić information content (AvgIpc) is 1.60. The molecule has 18 heteroatoms. The number of aromatic amines is 2. The Kier molecular flexibility index (Phi) is 19.3. The van der Waals surface area contributed by atoms with E-state index >= 15 is 0 Å². The molecule has 2 aliphatic heterocycles. The third-order valence-corrected chi connectivity index (χ3v) is 20.0. The molecular weight excluding hydrogens is 1340 g/mol. The molecule has 3 aromatic heterocycles. The molecule has 0 amide bonds. The Bertz CT molecular complexity index is 4520. The van der Waals surface area contributed by atoms with Gasteiger partial charge in [-0.15, -0.1) is 0 Å². The number of aromatic nitrogens is 8. The van der Waals surface area contributed by atoms with E-state index < -0.39 is 0 Å². The molecule has 2 aliphatic rings. The second-order valence-corrected chi connectivity index (χ2v) is 25.0. The topological polar surface area (TPSA) is 146 Å². The Hall–Kier alpha value is -8.49. The molecule has 94 heavy (non-hydrogen) atoms. The van der Waals surface area contributed by atoms with Crippen molar-refractivity contribution in [1.82, 2.24) is 57.8 Å². The fourth-order valence-electron chi connectivity index (χ4n) is 12.4. The number of benzene rings is 8. The third-order valence-electron chi connectivity index (χ3n) is 20.0. The van der Waals surface area contributed by atoms with Gasteiger partial charge in [-0.3, -0.25) is 17.9 Å². The molecule has 8 bridgehead atoms. The van der Waals surface area contributed by atoms with Crippen molar-refractivity contribution in [2.24, 2.45) is 0 Å². The first-order valence-corrected chi connectivity index (χ1v) is 32.4. The van der Waals surface area contributed by atoms with Gasteiger partial charge in [-0.1, -0.05) is 24.3 Å². The number of hydrogen-bond acceptors (Lipinski definition) is 10. The fourth-order valence-corrected chi connectivity index (χ4v) is 12.4. The van der Waals surface area contributed by atoms with Gasteiger partial charge < -0.3 is 52.9 Å². The quantitative estimate of drug-likeness (QED) is 0.0430. The van der Waals surface area contributed by atoms with Crippen LogP contribution >= 0.6 is 0 Å². The second kappa shape index (κ2) is 27.1. The monoisotopic (exact) mass is 1420 g/mol. The minimum Gasteiger partial charge on any atom is -1.00 e. The maximum Gasteiger partial charge on any atom is 2.00 e. The average molecular weight is 1420 g/mol. The van der Waals surface area contributed by atoms with Crippen LogP contribution in [0.25, 0.3) is 89.7 Å².